The van der Waals surface area contributed by atoms with Crippen molar-refractivity contribution in [1.29, 1.82) is 0 Å². The molecule has 22 heavy (non-hydrogen) atoms. The van der Waals surface area contributed by atoms with Crippen LogP contribution in [-0.2, 0) is 11.2 Å². The molecule has 0 fully saturated rings. The minimum absolute atomic E-state index is 0.0142. The molecule has 122 valence electrons. The van der Waals surface area contributed by atoms with E-state index in [-0.39, 0.29) is 11.6 Å². The van der Waals surface area contributed by atoms with Crippen LogP contribution in [0.15, 0.2) is 18.2 Å². The lowest BCUT2D eigenvalue weighted by atomic mass is 10.0. The molecule has 4 heteroatoms. The first kappa shape index (κ1) is 16.7. The van der Waals surface area contributed by atoms with E-state index < -0.39 is 5.60 Å². The fourth-order valence-corrected chi connectivity index (χ4v) is 2.59. The molecule has 0 unspecified atom stereocenters. The van der Waals surface area contributed by atoms with Crippen LogP contribution in [-0.4, -0.2) is 23.8 Å². The van der Waals surface area contributed by atoms with E-state index in [1.165, 1.54) is 5.56 Å². The van der Waals surface area contributed by atoms with E-state index in [0.29, 0.717) is 6.54 Å². The van der Waals surface area contributed by atoms with Crippen molar-refractivity contribution in [3.63, 3.8) is 0 Å². The van der Waals surface area contributed by atoms with Crippen molar-refractivity contribution in [2.75, 3.05) is 16.8 Å². The second-order valence-electron chi connectivity index (χ2n) is 7.95. The summed E-state index contributed by atoms with van der Waals surface area (Å²) < 4.78 is 5.54. The summed E-state index contributed by atoms with van der Waals surface area (Å²) in [6.07, 6.45) is 1.71. The molecule has 4 nitrogen and oxygen atoms in total. The van der Waals surface area contributed by atoms with Crippen molar-refractivity contribution in [3.8, 4) is 0 Å². The van der Waals surface area contributed by atoms with Crippen LogP contribution in [0, 0.1) is 0 Å². The SMILES string of the molecule is CC(C)(C)Nc1ccc2c(c1)N(C(=O)OC(C)(C)C)CCC2. The van der Waals surface area contributed by atoms with Crippen LogP contribution in [0.1, 0.15) is 53.5 Å². The molecule has 1 aliphatic rings. The third-order valence-corrected chi connectivity index (χ3v) is 3.34. The standard InChI is InChI=1S/C18H28N2O2/c1-17(2,3)19-14-10-9-13-8-7-11-20(15(13)12-14)16(21)22-18(4,5)6/h9-10,12,19H,7-8,11H2,1-6H3. The van der Waals surface area contributed by atoms with Crippen LogP contribution in [0.25, 0.3) is 0 Å². The van der Waals surface area contributed by atoms with Crippen LogP contribution in [0.4, 0.5) is 16.2 Å². The molecule has 1 N–H and O–H groups in total. The molecule has 0 radical (unpaired) electrons. The third-order valence-electron chi connectivity index (χ3n) is 3.34. The zero-order valence-corrected chi connectivity index (χ0v) is 14.6. The Bertz CT molecular complexity index is 553. The van der Waals surface area contributed by atoms with Crippen molar-refractivity contribution in [3.05, 3.63) is 23.8 Å². The van der Waals surface area contributed by atoms with E-state index in [1.54, 1.807) is 4.90 Å². The number of amides is 1. The number of carbonyl (C=O) groups is 1. The smallest absolute Gasteiger partial charge is 0.414 e. The maximum atomic E-state index is 12.5. The van der Waals surface area contributed by atoms with E-state index in [1.807, 2.05) is 20.8 Å². The normalized spacial score (nSPS) is 15.3. The van der Waals surface area contributed by atoms with Crippen molar-refractivity contribution < 1.29 is 9.53 Å². The number of hydrogen-bond donors (Lipinski definition) is 1. The molecule has 0 aliphatic carbocycles. The maximum Gasteiger partial charge on any atom is 0.414 e. The minimum Gasteiger partial charge on any atom is -0.443 e. The quantitative estimate of drug-likeness (QED) is 0.825. The zero-order chi connectivity index (χ0) is 16.5. The molecule has 2 rings (SSSR count). The van der Waals surface area contributed by atoms with Crippen LogP contribution < -0.4 is 10.2 Å². The maximum absolute atomic E-state index is 12.5. The topological polar surface area (TPSA) is 41.6 Å². The second kappa shape index (κ2) is 5.82. The lowest BCUT2D eigenvalue weighted by molar-refractivity contribution is 0.0578. The number of anilines is 2. The summed E-state index contributed by atoms with van der Waals surface area (Å²) in [5.41, 5.74) is 2.71. The van der Waals surface area contributed by atoms with Crippen molar-refractivity contribution in [2.24, 2.45) is 0 Å². The van der Waals surface area contributed by atoms with Gasteiger partial charge in [-0.2, -0.15) is 0 Å². The van der Waals surface area contributed by atoms with Crippen LogP contribution in [0.5, 0.6) is 0 Å². The Kier molecular flexibility index (Phi) is 4.41. The minimum atomic E-state index is -0.476. The van der Waals surface area contributed by atoms with Gasteiger partial charge in [0.1, 0.15) is 5.60 Å². The molecular weight excluding hydrogens is 276 g/mol. The molecule has 1 aromatic carbocycles. The molecule has 0 saturated heterocycles. The van der Waals surface area contributed by atoms with Gasteiger partial charge in [0.25, 0.3) is 0 Å². The van der Waals surface area contributed by atoms with Gasteiger partial charge in [-0.3, -0.25) is 4.90 Å². The van der Waals surface area contributed by atoms with Gasteiger partial charge in [-0.25, -0.2) is 4.79 Å². The average molecular weight is 304 g/mol. The van der Waals surface area contributed by atoms with E-state index >= 15 is 0 Å². The third kappa shape index (κ3) is 4.39. The highest BCUT2D eigenvalue weighted by Gasteiger charge is 2.27. The first-order valence-corrected chi connectivity index (χ1v) is 7.97. The van der Waals surface area contributed by atoms with Gasteiger partial charge in [0, 0.05) is 17.8 Å². The first-order valence-electron chi connectivity index (χ1n) is 7.97. The molecule has 0 spiro atoms. The first-order chi connectivity index (χ1) is 10.1. The largest absolute Gasteiger partial charge is 0.443 e. The Morgan fingerprint density at radius 2 is 1.86 bits per heavy atom. The fraction of sp³-hybridized carbons (Fsp3) is 0.611. The Balaban J connectivity index is 2.28. The number of hydrogen-bond acceptors (Lipinski definition) is 3. The van der Waals surface area contributed by atoms with Gasteiger partial charge >= 0.3 is 6.09 Å². The summed E-state index contributed by atoms with van der Waals surface area (Å²) >= 11 is 0. The molecular formula is C18H28N2O2. The summed E-state index contributed by atoms with van der Waals surface area (Å²) in [4.78, 5) is 14.2. The Morgan fingerprint density at radius 3 is 2.45 bits per heavy atom. The highest BCUT2D eigenvalue weighted by molar-refractivity contribution is 5.90. The monoisotopic (exact) mass is 304 g/mol. The number of fused-ring (bicyclic) bond motifs is 1. The molecule has 0 atom stereocenters. The van der Waals surface area contributed by atoms with Gasteiger partial charge in [-0.1, -0.05) is 6.07 Å². The van der Waals surface area contributed by atoms with E-state index in [4.69, 9.17) is 4.74 Å². The van der Waals surface area contributed by atoms with Gasteiger partial charge in [0.2, 0.25) is 0 Å². The van der Waals surface area contributed by atoms with Gasteiger partial charge < -0.3 is 10.1 Å². The molecule has 1 amide bonds. The highest BCUT2D eigenvalue weighted by Crippen LogP contribution is 2.32. The number of nitrogens with one attached hydrogen (secondary N) is 1. The Hall–Kier alpha value is -1.71. The number of ether oxygens (including phenoxy) is 1. The summed E-state index contributed by atoms with van der Waals surface area (Å²) in [6, 6.07) is 6.26. The van der Waals surface area contributed by atoms with Gasteiger partial charge in [-0.15, -0.1) is 0 Å². The molecule has 0 aromatic heterocycles. The predicted molar refractivity (Wildman–Crippen MR) is 91.7 cm³/mol. The molecule has 0 saturated carbocycles. The molecule has 0 bridgehead atoms. The van der Waals surface area contributed by atoms with Crippen LogP contribution in [0.2, 0.25) is 0 Å². The number of carbonyl (C=O) groups excluding carboxylic acids is 1. The Morgan fingerprint density at radius 1 is 1.18 bits per heavy atom. The zero-order valence-electron chi connectivity index (χ0n) is 14.6. The van der Waals surface area contributed by atoms with Crippen molar-refractivity contribution >= 4 is 17.5 Å². The van der Waals surface area contributed by atoms with Gasteiger partial charge in [0.15, 0.2) is 0 Å². The lowest BCUT2D eigenvalue weighted by Crippen LogP contribution is -2.40. The number of benzene rings is 1. The highest BCUT2D eigenvalue weighted by atomic mass is 16.6. The molecule has 1 aromatic rings. The number of nitrogens with zero attached hydrogens (tertiary/aromatic N) is 1. The lowest BCUT2D eigenvalue weighted by Gasteiger charge is -2.32. The van der Waals surface area contributed by atoms with Crippen molar-refractivity contribution in [2.45, 2.75) is 65.5 Å². The van der Waals surface area contributed by atoms with E-state index in [2.05, 4.69) is 44.3 Å². The fourth-order valence-electron chi connectivity index (χ4n) is 2.59. The number of aryl methyl sites for hydroxylation is 1. The summed E-state index contributed by atoms with van der Waals surface area (Å²) in [7, 11) is 0. The predicted octanol–water partition coefficient (Wildman–Crippen LogP) is 4.58. The van der Waals surface area contributed by atoms with E-state index in [9.17, 15) is 4.79 Å². The summed E-state index contributed by atoms with van der Waals surface area (Å²) in [5, 5.41) is 3.46. The second-order valence-corrected chi connectivity index (χ2v) is 7.95. The summed E-state index contributed by atoms with van der Waals surface area (Å²) in [6.45, 7) is 12.8. The van der Waals surface area contributed by atoms with E-state index in [0.717, 1.165) is 24.2 Å². The van der Waals surface area contributed by atoms with Crippen molar-refractivity contribution in [1.82, 2.24) is 0 Å². The van der Waals surface area contributed by atoms with Crippen LogP contribution in [0.3, 0.4) is 0 Å². The molecule has 1 heterocycles. The van der Waals surface area contributed by atoms with Gasteiger partial charge in [0.05, 0.1) is 5.69 Å². The molecule has 1 aliphatic heterocycles. The Labute approximate surface area is 133 Å². The average Bonchev–Trinajstić information content (AvgIpc) is 2.33. The summed E-state index contributed by atoms with van der Waals surface area (Å²) in [5.74, 6) is 0. The van der Waals surface area contributed by atoms with Crippen LogP contribution >= 0.6 is 0 Å². The van der Waals surface area contributed by atoms with Gasteiger partial charge in [-0.05, 0) is 72.1 Å². The number of rotatable bonds is 1.